The highest BCUT2D eigenvalue weighted by atomic mass is 16.4. The number of carbonyl (C=O) groups excluding carboxylic acids is 2. The monoisotopic (exact) mass is 285 g/mol. The van der Waals surface area contributed by atoms with Crippen molar-refractivity contribution < 1.29 is 19.5 Å². The minimum atomic E-state index is -0.882. The Balaban J connectivity index is 2.45. The van der Waals surface area contributed by atoms with E-state index in [0.717, 1.165) is 0 Å². The lowest BCUT2D eigenvalue weighted by Crippen LogP contribution is -2.45. The number of carboxylic acid groups (broad SMARTS) is 1. The number of urea groups is 1. The summed E-state index contributed by atoms with van der Waals surface area (Å²) in [6, 6.07) is -0.374. The fourth-order valence-corrected chi connectivity index (χ4v) is 2.41. The highest BCUT2D eigenvalue weighted by Crippen LogP contribution is 2.22. The number of likely N-dealkylation sites (N-methyl/N-ethyl adjacent to an activating group) is 1. The topological polar surface area (TPSA) is 90.0 Å². The summed E-state index contributed by atoms with van der Waals surface area (Å²) in [4.78, 5) is 37.8. The number of nitrogens with one attached hydrogen (secondary N) is 1. The van der Waals surface area contributed by atoms with E-state index in [1.165, 1.54) is 4.90 Å². The molecule has 1 aliphatic heterocycles. The first-order valence-corrected chi connectivity index (χ1v) is 6.94. The maximum Gasteiger partial charge on any atom is 0.317 e. The van der Waals surface area contributed by atoms with Crippen molar-refractivity contribution in [2.75, 3.05) is 32.7 Å². The summed E-state index contributed by atoms with van der Waals surface area (Å²) in [6.45, 7) is 7.33. The normalized spacial score (nSPS) is 21.6. The molecule has 20 heavy (non-hydrogen) atoms. The van der Waals surface area contributed by atoms with Gasteiger partial charge in [-0.1, -0.05) is 6.92 Å². The van der Waals surface area contributed by atoms with Crippen molar-refractivity contribution in [1.82, 2.24) is 15.1 Å². The van der Waals surface area contributed by atoms with Gasteiger partial charge >= 0.3 is 12.0 Å². The molecule has 1 aliphatic rings. The number of rotatable bonds is 5. The van der Waals surface area contributed by atoms with E-state index in [-0.39, 0.29) is 30.9 Å². The molecule has 7 heteroatoms. The molecular weight excluding hydrogens is 262 g/mol. The van der Waals surface area contributed by atoms with Gasteiger partial charge in [-0.15, -0.1) is 0 Å². The molecule has 1 saturated heterocycles. The number of hydrogen-bond donors (Lipinski definition) is 2. The second kappa shape index (κ2) is 7.12. The first kappa shape index (κ1) is 16.3. The second-order valence-electron chi connectivity index (χ2n) is 5.05. The van der Waals surface area contributed by atoms with Gasteiger partial charge in [0.2, 0.25) is 5.91 Å². The smallest absolute Gasteiger partial charge is 0.317 e. The van der Waals surface area contributed by atoms with Gasteiger partial charge in [-0.3, -0.25) is 9.59 Å². The summed E-state index contributed by atoms with van der Waals surface area (Å²) in [5, 5.41) is 11.6. The van der Waals surface area contributed by atoms with Gasteiger partial charge in [0, 0.05) is 26.2 Å². The molecule has 0 spiro atoms. The minimum Gasteiger partial charge on any atom is -0.481 e. The number of carbonyl (C=O) groups is 3. The van der Waals surface area contributed by atoms with Gasteiger partial charge in [0.05, 0.1) is 12.5 Å². The lowest BCUT2D eigenvalue weighted by Gasteiger charge is -2.21. The van der Waals surface area contributed by atoms with Crippen LogP contribution >= 0.6 is 0 Å². The van der Waals surface area contributed by atoms with Crippen LogP contribution < -0.4 is 5.32 Å². The van der Waals surface area contributed by atoms with Crippen LogP contribution in [0.25, 0.3) is 0 Å². The summed E-state index contributed by atoms with van der Waals surface area (Å²) < 4.78 is 0. The van der Waals surface area contributed by atoms with Crippen molar-refractivity contribution in [2.24, 2.45) is 11.8 Å². The average Bonchev–Trinajstić information content (AvgIpc) is 2.79. The Morgan fingerprint density at radius 3 is 2.30 bits per heavy atom. The van der Waals surface area contributed by atoms with Gasteiger partial charge in [0.1, 0.15) is 0 Å². The van der Waals surface area contributed by atoms with E-state index in [9.17, 15) is 14.4 Å². The lowest BCUT2D eigenvalue weighted by molar-refractivity contribution is -0.142. The summed E-state index contributed by atoms with van der Waals surface area (Å²) in [5.41, 5.74) is 0. The fourth-order valence-electron chi connectivity index (χ4n) is 2.41. The third-order valence-electron chi connectivity index (χ3n) is 3.72. The van der Waals surface area contributed by atoms with Crippen LogP contribution in [0, 0.1) is 11.8 Å². The van der Waals surface area contributed by atoms with Crippen LogP contribution in [0.4, 0.5) is 4.79 Å². The number of nitrogens with zero attached hydrogens (tertiary/aromatic N) is 2. The Morgan fingerprint density at radius 2 is 1.85 bits per heavy atom. The molecule has 2 unspecified atom stereocenters. The fraction of sp³-hybridized carbons (Fsp3) is 0.769. The summed E-state index contributed by atoms with van der Waals surface area (Å²) in [7, 11) is 0. The van der Waals surface area contributed by atoms with Gasteiger partial charge in [-0.25, -0.2) is 4.79 Å². The average molecular weight is 285 g/mol. The highest BCUT2D eigenvalue weighted by Gasteiger charge is 2.36. The third-order valence-corrected chi connectivity index (χ3v) is 3.72. The zero-order chi connectivity index (χ0) is 15.3. The molecule has 0 aliphatic carbocycles. The number of amides is 3. The van der Waals surface area contributed by atoms with E-state index < -0.39 is 11.9 Å². The molecule has 0 bridgehead atoms. The molecule has 0 aromatic carbocycles. The zero-order valence-corrected chi connectivity index (χ0v) is 12.3. The molecule has 0 aromatic heterocycles. The second-order valence-corrected chi connectivity index (χ2v) is 5.05. The summed E-state index contributed by atoms with van der Waals surface area (Å²) in [5.74, 6) is -1.62. The van der Waals surface area contributed by atoms with Gasteiger partial charge in [-0.05, 0) is 19.8 Å². The predicted molar refractivity (Wildman–Crippen MR) is 73.2 cm³/mol. The lowest BCUT2D eigenvalue weighted by atomic mass is 9.99. The van der Waals surface area contributed by atoms with E-state index in [1.807, 2.05) is 20.8 Å². The largest absolute Gasteiger partial charge is 0.481 e. The Bertz CT molecular complexity index is 382. The van der Waals surface area contributed by atoms with Crippen LogP contribution in [-0.2, 0) is 9.59 Å². The quantitative estimate of drug-likeness (QED) is 0.756. The van der Waals surface area contributed by atoms with Gasteiger partial charge < -0.3 is 20.2 Å². The van der Waals surface area contributed by atoms with Crippen LogP contribution in [0.15, 0.2) is 0 Å². The Morgan fingerprint density at radius 1 is 1.25 bits per heavy atom. The molecule has 1 rings (SSSR count). The minimum absolute atomic E-state index is 0.0524. The van der Waals surface area contributed by atoms with Crippen LogP contribution in [0.2, 0.25) is 0 Å². The predicted octanol–water partition coefficient (Wildman–Crippen LogP) is 0.217. The molecular formula is C13H23N3O4. The summed E-state index contributed by atoms with van der Waals surface area (Å²) in [6.07, 6.45) is 0. The van der Waals surface area contributed by atoms with Gasteiger partial charge in [-0.2, -0.15) is 0 Å². The number of hydrogen-bond acceptors (Lipinski definition) is 3. The van der Waals surface area contributed by atoms with Crippen LogP contribution in [-0.4, -0.2) is 65.5 Å². The molecule has 2 atom stereocenters. The van der Waals surface area contributed by atoms with Crippen molar-refractivity contribution in [3.63, 3.8) is 0 Å². The van der Waals surface area contributed by atoms with Gasteiger partial charge in [0.15, 0.2) is 0 Å². The van der Waals surface area contributed by atoms with Crippen molar-refractivity contribution >= 4 is 17.9 Å². The number of likely N-dealkylation sites (tertiary alicyclic amines) is 1. The van der Waals surface area contributed by atoms with Crippen LogP contribution in [0.1, 0.15) is 20.8 Å². The zero-order valence-electron chi connectivity index (χ0n) is 12.3. The van der Waals surface area contributed by atoms with Crippen LogP contribution in [0.5, 0.6) is 0 Å². The molecule has 0 saturated carbocycles. The molecule has 7 nitrogen and oxygen atoms in total. The maximum absolute atomic E-state index is 11.9. The van der Waals surface area contributed by atoms with Crippen molar-refractivity contribution in [3.05, 3.63) is 0 Å². The molecule has 114 valence electrons. The van der Waals surface area contributed by atoms with Gasteiger partial charge in [0.25, 0.3) is 0 Å². The molecule has 3 amide bonds. The molecule has 2 N–H and O–H groups in total. The number of aliphatic carboxylic acids is 1. The van der Waals surface area contributed by atoms with E-state index in [4.69, 9.17) is 5.11 Å². The Labute approximate surface area is 118 Å². The SMILES string of the molecule is CCN(CC)C(=O)CNC(=O)N1CC(C)C(C(=O)O)C1. The first-order valence-electron chi connectivity index (χ1n) is 6.94. The first-order chi connectivity index (χ1) is 9.40. The molecule has 0 aromatic rings. The molecule has 1 fully saturated rings. The maximum atomic E-state index is 11.9. The standard InChI is InChI=1S/C13H23N3O4/c1-4-15(5-2)11(17)6-14-13(20)16-7-9(3)10(8-16)12(18)19/h9-10H,4-8H2,1-3H3,(H,14,20)(H,18,19). The highest BCUT2D eigenvalue weighted by molar-refractivity contribution is 5.84. The molecule has 0 radical (unpaired) electrons. The van der Waals surface area contributed by atoms with Crippen molar-refractivity contribution in [1.29, 1.82) is 0 Å². The summed E-state index contributed by atoms with van der Waals surface area (Å²) >= 11 is 0. The molecule has 1 heterocycles. The van der Waals surface area contributed by atoms with Crippen molar-refractivity contribution in [2.45, 2.75) is 20.8 Å². The van der Waals surface area contributed by atoms with Crippen molar-refractivity contribution in [3.8, 4) is 0 Å². The third kappa shape index (κ3) is 3.85. The van der Waals surface area contributed by atoms with E-state index >= 15 is 0 Å². The van der Waals surface area contributed by atoms with Crippen LogP contribution in [0.3, 0.4) is 0 Å². The van der Waals surface area contributed by atoms with E-state index in [1.54, 1.807) is 4.90 Å². The van der Waals surface area contributed by atoms with E-state index in [2.05, 4.69) is 5.32 Å². The number of carboxylic acids is 1. The van der Waals surface area contributed by atoms with E-state index in [0.29, 0.717) is 19.6 Å². The Hall–Kier alpha value is -1.79. The Kier molecular flexibility index (Phi) is 5.79.